The molecule has 0 spiro atoms. The van der Waals surface area contributed by atoms with Crippen molar-refractivity contribution < 1.29 is 0 Å². The minimum absolute atomic E-state index is 0.722. The molecule has 0 amide bonds. The number of nitrogens with one attached hydrogen (secondary N) is 2. The molecule has 5 nitrogen and oxygen atoms in total. The van der Waals surface area contributed by atoms with E-state index in [1.54, 1.807) is 12.4 Å². The van der Waals surface area contributed by atoms with Crippen LogP contribution >= 0.6 is 0 Å². The van der Waals surface area contributed by atoms with Crippen molar-refractivity contribution in [2.24, 2.45) is 5.92 Å². The van der Waals surface area contributed by atoms with E-state index in [4.69, 9.17) is 4.98 Å². The van der Waals surface area contributed by atoms with Gasteiger partial charge in [-0.25, -0.2) is 9.97 Å². The SMILES string of the molecule is Cc1nc(-c2ccncc2)nc(NCC2CCNCC2)c1C. The average Bonchev–Trinajstić information content (AvgIpc) is 2.58. The number of hydrogen-bond acceptors (Lipinski definition) is 5. The molecule has 2 aromatic rings. The van der Waals surface area contributed by atoms with E-state index < -0.39 is 0 Å². The zero-order valence-electron chi connectivity index (χ0n) is 13.3. The van der Waals surface area contributed by atoms with Gasteiger partial charge in [-0.05, 0) is 57.8 Å². The van der Waals surface area contributed by atoms with E-state index in [9.17, 15) is 0 Å². The van der Waals surface area contributed by atoms with E-state index in [-0.39, 0.29) is 0 Å². The minimum atomic E-state index is 0.722. The highest BCUT2D eigenvalue weighted by Crippen LogP contribution is 2.22. The Labute approximate surface area is 131 Å². The largest absolute Gasteiger partial charge is 0.369 e. The molecule has 3 heterocycles. The first-order chi connectivity index (χ1) is 10.7. The van der Waals surface area contributed by atoms with Gasteiger partial charge in [-0.3, -0.25) is 4.98 Å². The number of nitrogens with zero attached hydrogens (tertiary/aromatic N) is 3. The number of aryl methyl sites for hydroxylation is 1. The summed E-state index contributed by atoms with van der Waals surface area (Å²) in [5.41, 5.74) is 3.16. The van der Waals surface area contributed by atoms with Gasteiger partial charge >= 0.3 is 0 Å². The molecule has 2 N–H and O–H groups in total. The van der Waals surface area contributed by atoms with Crippen LogP contribution in [0.5, 0.6) is 0 Å². The van der Waals surface area contributed by atoms with Gasteiger partial charge in [0.15, 0.2) is 5.82 Å². The lowest BCUT2D eigenvalue weighted by Gasteiger charge is -2.23. The van der Waals surface area contributed by atoms with Crippen molar-refractivity contribution in [1.29, 1.82) is 0 Å². The Kier molecular flexibility index (Phi) is 4.63. The molecular weight excluding hydrogens is 274 g/mol. The maximum Gasteiger partial charge on any atom is 0.161 e. The topological polar surface area (TPSA) is 62.7 Å². The molecule has 0 bridgehead atoms. The summed E-state index contributed by atoms with van der Waals surface area (Å²) >= 11 is 0. The molecule has 0 radical (unpaired) electrons. The van der Waals surface area contributed by atoms with E-state index in [0.717, 1.165) is 54.0 Å². The Morgan fingerprint density at radius 2 is 1.86 bits per heavy atom. The van der Waals surface area contributed by atoms with E-state index in [2.05, 4.69) is 27.5 Å². The molecule has 5 heteroatoms. The van der Waals surface area contributed by atoms with Gasteiger partial charge in [0.1, 0.15) is 5.82 Å². The third kappa shape index (κ3) is 3.42. The quantitative estimate of drug-likeness (QED) is 0.908. The van der Waals surface area contributed by atoms with Crippen molar-refractivity contribution in [3.05, 3.63) is 35.8 Å². The number of piperidine rings is 1. The summed E-state index contributed by atoms with van der Waals surface area (Å²) in [4.78, 5) is 13.4. The molecule has 1 aliphatic rings. The molecule has 22 heavy (non-hydrogen) atoms. The molecule has 0 aromatic carbocycles. The fourth-order valence-electron chi connectivity index (χ4n) is 2.76. The molecule has 0 aliphatic carbocycles. The van der Waals surface area contributed by atoms with Crippen LogP contribution in [0.4, 0.5) is 5.82 Å². The van der Waals surface area contributed by atoms with Crippen LogP contribution in [0.2, 0.25) is 0 Å². The van der Waals surface area contributed by atoms with E-state index in [0.29, 0.717) is 0 Å². The molecule has 116 valence electrons. The van der Waals surface area contributed by atoms with Gasteiger partial charge in [-0.2, -0.15) is 0 Å². The molecule has 3 rings (SSSR count). The molecule has 1 saturated heterocycles. The number of pyridine rings is 1. The highest BCUT2D eigenvalue weighted by Gasteiger charge is 2.15. The lowest BCUT2D eigenvalue weighted by atomic mass is 9.98. The predicted molar refractivity (Wildman–Crippen MR) is 88.8 cm³/mol. The van der Waals surface area contributed by atoms with Crippen molar-refractivity contribution in [3.8, 4) is 11.4 Å². The smallest absolute Gasteiger partial charge is 0.161 e. The van der Waals surface area contributed by atoms with Crippen LogP contribution in [-0.2, 0) is 0 Å². The highest BCUT2D eigenvalue weighted by atomic mass is 15.0. The number of anilines is 1. The van der Waals surface area contributed by atoms with Crippen LogP contribution in [0.1, 0.15) is 24.1 Å². The fraction of sp³-hybridized carbons (Fsp3) is 0.471. The summed E-state index contributed by atoms with van der Waals surface area (Å²) in [5, 5.41) is 6.94. The number of hydrogen-bond donors (Lipinski definition) is 2. The second kappa shape index (κ2) is 6.83. The Balaban J connectivity index is 1.79. The fourth-order valence-corrected chi connectivity index (χ4v) is 2.76. The summed E-state index contributed by atoms with van der Waals surface area (Å²) in [5.74, 6) is 2.44. The molecule has 2 aromatic heterocycles. The third-order valence-electron chi connectivity index (χ3n) is 4.34. The van der Waals surface area contributed by atoms with Crippen molar-refractivity contribution in [1.82, 2.24) is 20.3 Å². The number of rotatable bonds is 4. The van der Waals surface area contributed by atoms with Crippen LogP contribution in [0, 0.1) is 19.8 Å². The summed E-state index contributed by atoms with van der Waals surface area (Å²) in [7, 11) is 0. The zero-order chi connectivity index (χ0) is 15.4. The average molecular weight is 297 g/mol. The predicted octanol–water partition coefficient (Wildman–Crippen LogP) is 2.57. The maximum absolute atomic E-state index is 4.72. The molecule has 1 aliphatic heterocycles. The second-order valence-electron chi connectivity index (χ2n) is 5.92. The Morgan fingerprint density at radius 3 is 2.59 bits per heavy atom. The van der Waals surface area contributed by atoms with Gasteiger partial charge < -0.3 is 10.6 Å². The molecule has 1 fully saturated rings. The highest BCUT2D eigenvalue weighted by molar-refractivity contribution is 5.59. The van der Waals surface area contributed by atoms with E-state index in [1.807, 2.05) is 19.1 Å². The Hall–Kier alpha value is -2.01. The van der Waals surface area contributed by atoms with Gasteiger partial charge in [-0.1, -0.05) is 0 Å². The summed E-state index contributed by atoms with van der Waals surface area (Å²) in [6.45, 7) is 7.34. The van der Waals surface area contributed by atoms with Gasteiger partial charge in [0.05, 0.1) is 0 Å². The Bertz CT molecular complexity index is 620. The Morgan fingerprint density at radius 1 is 1.14 bits per heavy atom. The van der Waals surface area contributed by atoms with Crippen LogP contribution in [-0.4, -0.2) is 34.6 Å². The van der Waals surface area contributed by atoms with Crippen LogP contribution in [0.25, 0.3) is 11.4 Å². The first-order valence-electron chi connectivity index (χ1n) is 7.94. The van der Waals surface area contributed by atoms with Crippen molar-refractivity contribution in [2.45, 2.75) is 26.7 Å². The van der Waals surface area contributed by atoms with Gasteiger partial charge in [0.25, 0.3) is 0 Å². The van der Waals surface area contributed by atoms with Crippen molar-refractivity contribution in [2.75, 3.05) is 25.0 Å². The molecule has 0 unspecified atom stereocenters. The van der Waals surface area contributed by atoms with E-state index in [1.165, 1.54) is 12.8 Å². The van der Waals surface area contributed by atoms with E-state index >= 15 is 0 Å². The summed E-state index contributed by atoms with van der Waals surface area (Å²) in [6.07, 6.45) is 6.01. The molecule has 0 saturated carbocycles. The number of aromatic nitrogens is 3. The zero-order valence-corrected chi connectivity index (χ0v) is 13.3. The summed E-state index contributed by atoms with van der Waals surface area (Å²) < 4.78 is 0. The standard InChI is InChI=1S/C17H23N5/c1-12-13(2)21-17(15-5-9-19-10-6-15)22-16(12)20-11-14-3-7-18-8-4-14/h5-6,9-10,14,18H,3-4,7-8,11H2,1-2H3,(H,20,21,22). The lowest BCUT2D eigenvalue weighted by Crippen LogP contribution is -2.31. The van der Waals surface area contributed by atoms with Crippen LogP contribution < -0.4 is 10.6 Å². The maximum atomic E-state index is 4.72. The third-order valence-corrected chi connectivity index (χ3v) is 4.34. The van der Waals surface area contributed by atoms with Crippen molar-refractivity contribution in [3.63, 3.8) is 0 Å². The molecule has 0 atom stereocenters. The first kappa shape index (κ1) is 14.9. The normalized spacial score (nSPS) is 15.7. The van der Waals surface area contributed by atoms with Gasteiger partial charge in [0.2, 0.25) is 0 Å². The summed E-state index contributed by atoms with van der Waals surface area (Å²) in [6, 6.07) is 3.89. The van der Waals surface area contributed by atoms with Crippen LogP contribution in [0.15, 0.2) is 24.5 Å². The second-order valence-corrected chi connectivity index (χ2v) is 5.92. The minimum Gasteiger partial charge on any atom is -0.369 e. The van der Waals surface area contributed by atoms with Gasteiger partial charge in [-0.15, -0.1) is 0 Å². The monoisotopic (exact) mass is 297 g/mol. The van der Waals surface area contributed by atoms with Crippen LogP contribution in [0.3, 0.4) is 0 Å². The first-order valence-corrected chi connectivity index (χ1v) is 7.94. The van der Waals surface area contributed by atoms with Gasteiger partial charge in [0, 0.05) is 35.8 Å². The molecular formula is C17H23N5. The lowest BCUT2D eigenvalue weighted by molar-refractivity contribution is 0.389. The van der Waals surface area contributed by atoms with Crippen molar-refractivity contribution >= 4 is 5.82 Å².